The minimum Gasteiger partial charge on any atom is -0.489 e. The molecule has 1 atom stereocenters. The van der Waals surface area contributed by atoms with Crippen molar-refractivity contribution >= 4 is 11.9 Å². The maximum atomic E-state index is 11.6. The van der Waals surface area contributed by atoms with Crippen LogP contribution in [0.5, 0.6) is 5.75 Å². The summed E-state index contributed by atoms with van der Waals surface area (Å²) in [7, 11) is 0. The van der Waals surface area contributed by atoms with E-state index in [9.17, 15) is 4.79 Å². The molecule has 0 aliphatic carbocycles. The number of Topliss-reactive ketones (excluding diaryl/α,β-unsaturated/α-hetero) is 1. The van der Waals surface area contributed by atoms with Crippen LogP contribution in [0.4, 0.5) is 0 Å². The predicted molar refractivity (Wildman–Crippen MR) is 104 cm³/mol. The number of epoxide rings is 1. The zero-order chi connectivity index (χ0) is 18.4. The van der Waals surface area contributed by atoms with Gasteiger partial charge >= 0.3 is 0 Å². The largest absolute Gasteiger partial charge is 0.489 e. The smallest absolute Gasteiger partial charge is 0.163 e. The molecule has 3 rings (SSSR count). The van der Waals surface area contributed by atoms with E-state index in [1.807, 2.05) is 18.2 Å². The van der Waals surface area contributed by atoms with Crippen LogP contribution in [0.2, 0.25) is 0 Å². The van der Waals surface area contributed by atoms with Crippen molar-refractivity contribution in [3.05, 3.63) is 70.8 Å². The molecule has 0 radical (unpaired) electrons. The molecule has 26 heavy (non-hydrogen) atoms. The first kappa shape index (κ1) is 18.4. The number of unbranched alkanes of at least 4 members (excludes halogenated alkanes) is 1. The molecule has 1 aliphatic heterocycles. The number of carbonyl (C=O) groups excluding carboxylic acids is 1. The third-order valence-electron chi connectivity index (χ3n) is 4.68. The fourth-order valence-corrected chi connectivity index (χ4v) is 2.95. The Morgan fingerprint density at radius 3 is 2.65 bits per heavy atom. The number of benzene rings is 2. The number of ether oxygens (including phenoxy) is 2. The summed E-state index contributed by atoms with van der Waals surface area (Å²) in [5, 5.41) is 0. The number of aryl methyl sites for hydroxylation is 2. The fraction of sp³-hybridized carbons (Fsp3) is 0.348. The number of rotatable bonds is 9. The lowest BCUT2D eigenvalue weighted by Gasteiger charge is -2.11. The molecular weight excluding hydrogens is 324 g/mol. The molecule has 3 nitrogen and oxygen atoms in total. The van der Waals surface area contributed by atoms with E-state index >= 15 is 0 Å². The van der Waals surface area contributed by atoms with Crippen LogP contribution in [-0.2, 0) is 16.1 Å². The van der Waals surface area contributed by atoms with Gasteiger partial charge in [0.15, 0.2) is 5.78 Å². The lowest BCUT2D eigenvalue weighted by molar-refractivity contribution is -0.120. The third-order valence-corrected chi connectivity index (χ3v) is 4.68. The summed E-state index contributed by atoms with van der Waals surface area (Å²) < 4.78 is 11.0. The molecule has 1 aliphatic rings. The first-order valence-electron chi connectivity index (χ1n) is 9.22. The summed E-state index contributed by atoms with van der Waals surface area (Å²) in [6.07, 6.45) is 6.47. The molecule has 0 spiro atoms. The van der Waals surface area contributed by atoms with Crippen molar-refractivity contribution in [2.24, 2.45) is 0 Å². The Kier molecular flexibility index (Phi) is 6.24. The Labute approximate surface area is 155 Å². The van der Waals surface area contributed by atoms with Gasteiger partial charge in [-0.15, -0.1) is 0 Å². The van der Waals surface area contributed by atoms with Crippen LogP contribution in [0, 0.1) is 13.8 Å². The SMILES string of the molecule is Cc1cccc(C)c1COc1cccc(/C=C/CCCC(=O)C2CO2)c1. The fourth-order valence-electron chi connectivity index (χ4n) is 2.95. The highest BCUT2D eigenvalue weighted by molar-refractivity contribution is 5.84. The zero-order valence-corrected chi connectivity index (χ0v) is 15.5. The molecule has 136 valence electrons. The highest BCUT2D eigenvalue weighted by atomic mass is 16.6. The number of carbonyl (C=O) groups is 1. The Balaban J connectivity index is 1.49. The third kappa shape index (κ3) is 5.30. The summed E-state index contributed by atoms with van der Waals surface area (Å²) in [4.78, 5) is 11.6. The van der Waals surface area contributed by atoms with Gasteiger partial charge in [-0.2, -0.15) is 0 Å². The molecule has 3 heteroatoms. The molecule has 0 N–H and O–H groups in total. The second kappa shape index (κ2) is 8.81. The molecule has 1 fully saturated rings. The molecule has 1 unspecified atom stereocenters. The number of ketones is 1. The van der Waals surface area contributed by atoms with Gasteiger partial charge in [-0.3, -0.25) is 4.79 Å². The van der Waals surface area contributed by atoms with E-state index in [4.69, 9.17) is 9.47 Å². The van der Waals surface area contributed by atoms with Gasteiger partial charge in [0.25, 0.3) is 0 Å². The standard InChI is InChI=1S/C23H26O3/c1-17-8-6-9-18(2)21(17)15-25-20-12-7-11-19(14-20)10-4-3-5-13-22(24)23-16-26-23/h4,6-12,14,23H,3,5,13,15-16H2,1-2H3/b10-4+. The van der Waals surface area contributed by atoms with Crippen molar-refractivity contribution in [1.82, 2.24) is 0 Å². The minimum atomic E-state index is -0.107. The van der Waals surface area contributed by atoms with Crippen molar-refractivity contribution in [1.29, 1.82) is 0 Å². The van der Waals surface area contributed by atoms with Gasteiger partial charge in [0.2, 0.25) is 0 Å². The lowest BCUT2D eigenvalue weighted by Crippen LogP contribution is -2.05. The Hall–Kier alpha value is -2.39. The van der Waals surface area contributed by atoms with Gasteiger partial charge in [0, 0.05) is 6.42 Å². The first-order chi connectivity index (χ1) is 12.6. The molecule has 0 aromatic heterocycles. The van der Waals surface area contributed by atoms with E-state index in [1.165, 1.54) is 16.7 Å². The van der Waals surface area contributed by atoms with Crippen molar-refractivity contribution < 1.29 is 14.3 Å². The second-order valence-electron chi connectivity index (χ2n) is 6.81. The number of allylic oxidation sites excluding steroid dienone is 1. The highest BCUT2D eigenvalue weighted by Crippen LogP contribution is 2.20. The van der Waals surface area contributed by atoms with Crippen LogP contribution in [0.1, 0.15) is 41.5 Å². The molecule has 1 saturated heterocycles. The topological polar surface area (TPSA) is 38.8 Å². The monoisotopic (exact) mass is 350 g/mol. The van der Waals surface area contributed by atoms with Crippen LogP contribution < -0.4 is 4.74 Å². The summed E-state index contributed by atoms with van der Waals surface area (Å²) in [5.41, 5.74) is 4.87. The summed E-state index contributed by atoms with van der Waals surface area (Å²) in [6.45, 7) is 5.43. The molecule has 0 amide bonds. The minimum absolute atomic E-state index is 0.107. The van der Waals surface area contributed by atoms with Gasteiger partial charge in [0.1, 0.15) is 18.5 Å². The lowest BCUT2D eigenvalue weighted by atomic mass is 10.0. The van der Waals surface area contributed by atoms with Crippen LogP contribution in [0.3, 0.4) is 0 Å². The summed E-state index contributed by atoms with van der Waals surface area (Å²) in [5.74, 6) is 1.11. The van der Waals surface area contributed by atoms with Gasteiger partial charge in [-0.05, 0) is 61.1 Å². The van der Waals surface area contributed by atoms with Gasteiger partial charge in [0.05, 0.1) is 6.61 Å². The average Bonchev–Trinajstić information content (AvgIpc) is 3.46. The Morgan fingerprint density at radius 2 is 1.92 bits per heavy atom. The molecule has 0 saturated carbocycles. The molecule has 2 aromatic carbocycles. The predicted octanol–water partition coefficient (Wildman–Crippen LogP) is 5.03. The number of hydrogen-bond donors (Lipinski definition) is 0. The van der Waals surface area contributed by atoms with E-state index in [-0.39, 0.29) is 11.9 Å². The second-order valence-corrected chi connectivity index (χ2v) is 6.81. The summed E-state index contributed by atoms with van der Waals surface area (Å²) in [6, 6.07) is 14.4. The van der Waals surface area contributed by atoms with E-state index in [2.05, 4.69) is 50.3 Å². The molecule has 2 aromatic rings. The summed E-state index contributed by atoms with van der Waals surface area (Å²) >= 11 is 0. The maximum absolute atomic E-state index is 11.6. The van der Waals surface area contributed by atoms with E-state index in [1.54, 1.807) is 0 Å². The Morgan fingerprint density at radius 1 is 1.19 bits per heavy atom. The van der Waals surface area contributed by atoms with E-state index in [0.717, 1.165) is 24.2 Å². The maximum Gasteiger partial charge on any atom is 0.163 e. The zero-order valence-electron chi connectivity index (χ0n) is 15.5. The quantitative estimate of drug-likeness (QED) is 0.470. The van der Waals surface area contributed by atoms with Crippen LogP contribution >= 0.6 is 0 Å². The Bertz CT molecular complexity index is 768. The van der Waals surface area contributed by atoms with Crippen molar-refractivity contribution in [2.75, 3.05) is 6.61 Å². The van der Waals surface area contributed by atoms with Crippen molar-refractivity contribution in [3.63, 3.8) is 0 Å². The van der Waals surface area contributed by atoms with Crippen LogP contribution in [0.25, 0.3) is 6.08 Å². The number of hydrogen-bond acceptors (Lipinski definition) is 3. The van der Waals surface area contributed by atoms with E-state index in [0.29, 0.717) is 19.6 Å². The first-order valence-corrected chi connectivity index (χ1v) is 9.22. The van der Waals surface area contributed by atoms with Gasteiger partial charge < -0.3 is 9.47 Å². The van der Waals surface area contributed by atoms with Crippen LogP contribution in [0.15, 0.2) is 48.5 Å². The van der Waals surface area contributed by atoms with Gasteiger partial charge in [-0.25, -0.2) is 0 Å². The normalized spacial score (nSPS) is 16.0. The van der Waals surface area contributed by atoms with Crippen molar-refractivity contribution in [3.8, 4) is 5.75 Å². The molecule has 0 bridgehead atoms. The van der Waals surface area contributed by atoms with E-state index < -0.39 is 0 Å². The molecule has 1 heterocycles. The molecular formula is C23H26O3. The van der Waals surface area contributed by atoms with Crippen LogP contribution in [-0.4, -0.2) is 18.5 Å². The van der Waals surface area contributed by atoms with Crippen molar-refractivity contribution in [2.45, 2.75) is 45.8 Å². The average molecular weight is 350 g/mol. The highest BCUT2D eigenvalue weighted by Gasteiger charge is 2.29. The van der Waals surface area contributed by atoms with Gasteiger partial charge in [-0.1, -0.05) is 42.5 Å².